The Labute approximate surface area is 121 Å². The third-order valence-electron chi connectivity index (χ3n) is 3.12. The van der Waals surface area contributed by atoms with Crippen molar-refractivity contribution in [2.75, 3.05) is 0 Å². The van der Waals surface area contributed by atoms with Crippen molar-refractivity contribution in [1.82, 2.24) is 20.1 Å². The lowest BCUT2D eigenvalue weighted by molar-refractivity contribution is 0.0947. The van der Waals surface area contributed by atoms with Crippen LogP contribution in [0.1, 0.15) is 21.8 Å². The summed E-state index contributed by atoms with van der Waals surface area (Å²) in [6, 6.07) is 9.14. The Morgan fingerprint density at radius 1 is 1.33 bits per heavy atom. The van der Waals surface area contributed by atoms with Crippen molar-refractivity contribution >= 4 is 5.91 Å². The zero-order valence-corrected chi connectivity index (χ0v) is 11.5. The first-order chi connectivity index (χ1) is 10.3. The molecule has 3 rings (SSSR count). The third kappa shape index (κ3) is 2.69. The Hall–Kier alpha value is -2.89. The Morgan fingerprint density at radius 3 is 2.95 bits per heavy atom. The van der Waals surface area contributed by atoms with E-state index in [1.54, 1.807) is 29.4 Å². The average molecular weight is 282 g/mol. The van der Waals surface area contributed by atoms with E-state index >= 15 is 0 Å². The van der Waals surface area contributed by atoms with Crippen LogP contribution >= 0.6 is 0 Å². The largest absolute Gasteiger partial charge is 0.467 e. The molecule has 0 aliphatic carbocycles. The molecule has 0 saturated carbocycles. The van der Waals surface area contributed by atoms with Crippen LogP contribution in [0.4, 0.5) is 0 Å². The quantitative estimate of drug-likeness (QED) is 0.795. The maximum atomic E-state index is 12.2. The minimum atomic E-state index is -0.189. The monoisotopic (exact) mass is 282 g/mol. The van der Waals surface area contributed by atoms with E-state index in [9.17, 15) is 4.79 Å². The van der Waals surface area contributed by atoms with Gasteiger partial charge in [-0.2, -0.15) is 5.10 Å². The lowest BCUT2D eigenvalue weighted by Gasteiger charge is -2.05. The van der Waals surface area contributed by atoms with Crippen LogP contribution in [-0.2, 0) is 6.54 Å². The van der Waals surface area contributed by atoms with Crippen molar-refractivity contribution in [3.63, 3.8) is 0 Å². The summed E-state index contributed by atoms with van der Waals surface area (Å²) in [5.41, 5.74) is 1.26. The number of rotatable bonds is 4. The molecule has 0 aliphatic heterocycles. The van der Waals surface area contributed by atoms with Crippen molar-refractivity contribution in [3.8, 4) is 5.82 Å². The van der Waals surface area contributed by atoms with E-state index in [-0.39, 0.29) is 5.91 Å². The SMILES string of the molecule is Cc1c(C(=O)NCc2ccco2)cnn1-c1ccccn1. The molecule has 0 aliphatic rings. The van der Waals surface area contributed by atoms with Crippen molar-refractivity contribution in [1.29, 1.82) is 0 Å². The summed E-state index contributed by atoms with van der Waals surface area (Å²) < 4.78 is 6.82. The van der Waals surface area contributed by atoms with Gasteiger partial charge in [0.2, 0.25) is 0 Å². The smallest absolute Gasteiger partial charge is 0.255 e. The second-order valence-electron chi connectivity index (χ2n) is 4.51. The standard InChI is InChI=1S/C15H14N4O2/c1-11-13(15(20)17-9-12-5-4-8-21-12)10-18-19(11)14-6-2-3-7-16-14/h2-8,10H,9H2,1H3,(H,17,20). The van der Waals surface area contributed by atoms with Crippen molar-refractivity contribution in [3.05, 3.63) is 66.0 Å². The highest BCUT2D eigenvalue weighted by atomic mass is 16.3. The summed E-state index contributed by atoms with van der Waals surface area (Å²) in [4.78, 5) is 16.4. The molecule has 106 valence electrons. The molecule has 6 nitrogen and oxygen atoms in total. The van der Waals surface area contributed by atoms with Crippen molar-refractivity contribution < 1.29 is 9.21 Å². The van der Waals surface area contributed by atoms with Crippen LogP contribution in [0.25, 0.3) is 5.82 Å². The molecule has 1 amide bonds. The zero-order valence-electron chi connectivity index (χ0n) is 11.5. The summed E-state index contributed by atoms with van der Waals surface area (Å²) in [5.74, 6) is 1.20. The van der Waals surface area contributed by atoms with Gasteiger partial charge in [-0.1, -0.05) is 6.07 Å². The third-order valence-corrected chi connectivity index (χ3v) is 3.12. The summed E-state index contributed by atoms with van der Waals surface area (Å²) in [6.07, 6.45) is 4.81. The minimum absolute atomic E-state index is 0.189. The van der Waals surface area contributed by atoms with E-state index in [1.807, 2.05) is 31.2 Å². The molecule has 0 bridgehead atoms. The highest BCUT2D eigenvalue weighted by molar-refractivity contribution is 5.95. The van der Waals surface area contributed by atoms with Gasteiger partial charge in [0, 0.05) is 6.20 Å². The van der Waals surface area contributed by atoms with Gasteiger partial charge in [0.15, 0.2) is 5.82 Å². The van der Waals surface area contributed by atoms with Gasteiger partial charge in [-0.3, -0.25) is 4.79 Å². The summed E-state index contributed by atoms with van der Waals surface area (Å²) in [6.45, 7) is 2.18. The van der Waals surface area contributed by atoms with E-state index in [0.717, 1.165) is 5.69 Å². The Kier molecular flexibility index (Phi) is 3.51. The maximum Gasteiger partial charge on any atom is 0.255 e. The average Bonchev–Trinajstić information content (AvgIpc) is 3.15. The predicted octanol–water partition coefficient (Wildman–Crippen LogP) is 2.10. The Morgan fingerprint density at radius 2 is 2.24 bits per heavy atom. The highest BCUT2D eigenvalue weighted by Crippen LogP contribution is 2.12. The fourth-order valence-electron chi connectivity index (χ4n) is 2.02. The van der Waals surface area contributed by atoms with Crippen LogP contribution in [0.5, 0.6) is 0 Å². The number of amides is 1. The number of nitrogens with zero attached hydrogens (tertiary/aromatic N) is 3. The number of pyridine rings is 1. The van der Waals surface area contributed by atoms with Crippen LogP contribution in [0.15, 0.2) is 53.4 Å². The predicted molar refractivity (Wildman–Crippen MR) is 76.0 cm³/mol. The van der Waals surface area contributed by atoms with Crippen LogP contribution in [0.3, 0.4) is 0 Å². The van der Waals surface area contributed by atoms with Crippen molar-refractivity contribution in [2.24, 2.45) is 0 Å². The molecule has 0 saturated heterocycles. The molecule has 3 aromatic heterocycles. The molecule has 3 aromatic rings. The number of hydrogen-bond acceptors (Lipinski definition) is 4. The van der Waals surface area contributed by atoms with Gasteiger partial charge in [0.05, 0.1) is 30.3 Å². The fraction of sp³-hybridized carbons (Fsp3) is 0.133. The van der Waals surface area contributed by atoms with Gasteiger partial charge in [0.1, 0.15) is 5.76 Å². The molecule has 0 atom stereocenters. The number of aromatic nitrogens is 3. The minimum Gasteiger partial charge on any atom is -0.467 e. The van der Waals surface area contributed by atoms with Crippen LogP contribution in [0, 0.1) is 6.92 Å². The van der Waals surface area contributed by atoms with E-state index in [4.69, 9.17) is 4.42 Å². The van der Waals surface area contributed by atoms with Gasteiger partial charge < -0.3 is 9.73 Å². The molecule has 0 spiro atoms. The topological polar surface area (TPSA) is 73.0 Å². The second kappa shape index (κ2) is 5.62. The first-order valence-electron chi connectivity index (χ1n) is 6.52. The van der Waals surface area contributed by atoms with E-state index < -0.39 is 0 Å². The highest BCUT2D eigenvalue weighted by Gasteiger charge is 2.15. The van der Waals surface area contributed by atoms with E-state index in [1.165, 1.54) is 0 Å². The molecule has 0 aromatic carbocycles. The fourth-order valence-corrected chi connectivity index (χ4v) is 2.02. The molecule has 0 radical (unpaired) electrons. The maximum absolute atomic E-state index is 12.2. The van der Waals surface area contributed by atoms with Gasteiger partial charge in [-0.05, 0) is 31.2 Å². The van der Waals surface area contributed by atoms with Gasteiger partial charge in [0.25, 0.3) is 5.91 Å². The van der Waals surface area contributed by atoms with Crippen LogP contribution in [0.2, 0.25) is 0 Å². The first kappa shape index (κ1) is 13.1. The normalized spacial score (nSPS) is 10.5. The van der Waals surface area contributed by atoms with Crippen molar-refractivity contribution in [2.45, 2.75) is 13.5 Å². The molecular weight excluding hydrogens is 268 g/mol. The van der Waals surface area contributed by atoms with Crippen LogP contribution in [-0.4, -0.2) is 20.7 Å². The molecule has 21 heavy (non-hydrogen) atoms. The second-order valence-corrected chi connectivity index (χ2v) is 4.51. The summed E-state index contributed by atoms with van der Waals surface area (Å²) in [7, 11) is 0. The number of hydrogen-bond donors (Lipinski definition) is 1. The number of carbonyl (C=O) groups is 1. The van der Waals surface area contributed by atoms with Gasteiger partial charge >= 0.3 is 0 Å². The van der Waals surface area contributed by atoms with E-state index in [0.29, 0.717) is 23.7 Å². The molecule has 1 N–H and O–H groups in total. The molecule has 0 unspecified atom stereocenters. The number of nitrogens with one attached hydrogen (secondary N) is 1. The number of furan rings is 1. The zero-order chi connectivity index (χ0) is 14.7. The summed E-state index contributed by atoms with van der Waals surface area (Å²) in [5, 5.41) is 7.02. The molecule has 0 fully saturated rings. The summed E-state index contributed by atoms with van der Waals surface area (Å²) >= 11 is 0. The molecule has 6 heteroatoms. The van der Waals surface area contributed by atoms with Gasteiger partial charge in [-0.25, -0.2) is 9.67 Å². The first-order valence-corrected chi connectivity index (χ1v) is 6.52. The molecular formula is C15H14N4O2. The van der Waals surface area contributed by atoms with Crippen LogP contribution < -0.4 is 5.32 Å². The molecule has 3 heterocycles. The Bertz CT molecular complexity index is 732. The number of carbonyl (C=O) groups excluding carboxylic acids is 1. The lowest BCUT2D eigenvalue weighted by atomic mass is 10.2. The lowest BCUT2D eigenvalue weighted by Crippen LogP contribution is -2.23. The Balaban J connectivity index is 1.77. The van der Waals surface area contributed by atoms with Gasteiger partial charge in [-0.15, -0.1) is 0 Å². The van der Waals surface area contributed by atoms with E-state index in [2.05, 4.69) is 15.4 Å².